The molecule has 2 unspecified atom stereocenters. The van der Waals surface area contributed by atoms with Crippen LogP contribution in [-0.4, -0.2) is 41.3 Å². The molecule has 2 aliphatic heterocycles. The van der Waals surface area contributed by atoms with Gasteiger partial charge >= 0.3 is 0 Å². The summed E-state index contributed by atoms with van der Waals surface area (Å²) in [5, 5.41) is 11.4. The van der Waals surface area contributed by atoms with E-state index in [-0.39, 0.29) is 11.7 Å². The summed E-state index contributed by atoms with van der Waals surface area (Å²) >= 11 is 0. The fourth-order valence-corrected chi connectivity index (χ4v) is 3.04. The molecule has 0 spiro atoms. The van der Waals surface area contributed by atoms with Gasteiger partial charge in [-0.25, -0.2) is 0 Å². The second-order valence-electron chi connectivity index (χ2n) is 4.96. The van der Waals surface area contributed by atoms with Crippen LogP contribution < -0.4 is 0 Å². The van der Waals surface area contributed by atoms with Gasteiger partial charge < -0.3 is 9.47 Å². The minimum Gasteiger partial charge on any atom is -0.454 e. The molecule has 0 saturated carbocycles. The highest BCUT2D eigenvalue weighted by molar-refractivity contribution is 5.39. The van der Waals surface area contributed by atoms with Crippen LogP contribution in [0, 0.1) is 10.1 Å². The maximum atomic E-state index is 11.4. The topological polar surface area (TPSA) is 64.8 Å². The van der Waals surface area contributed by atoms with Crippen molar-refractivity contribution in [3.05, 3.63) is 46.4 Å². The van der Waals surface area contributed by atoms with Crippen molar-refractivity contribution in [1.82, 2.24) is 4.90 Å². The smallest absolute Gasteiger partial charge is 0.260 e. The van der Waals surface area contributed by atoms with E-state index >= 15 is 0 Å². The second kappa shape index (κ2) is 4.38. The van der Waals surface area contributed by atoms with Crippen LogP contribution in [-0.2, 0) is 9.47 Å². The predicted molar refractivity (Wildman–Crippen MR) is 67.7 cm³/mol. The van der Waals surface area contributed by atoms with Crippen molar-refractivity contribution in [2.75, 3.05) is 19.9 Å². The van der Waals surface area contributed by atoms with Gasteiger partial charge in [0.05, 0.1) is 0 Å². The van der Waals surface area contributed by atoms with Gasteiger partial charge in [-0.1, -0.05) is 6.08 Å². The maximum Gasteiger partial charge on any atom is 0.260 e. The lowest BCUT2D eigenvalue weighted by atomic mass is 9.83. The van der Waals surface area contributed by atoms with Crippen molar-refractivity contribution in [2.24, 2.45) is 0 Å². The van der Waals surface area contributed by atoms with E-state index in [4.69, 9.17) is 9.47 Å². The largest absolute Gasteiger partial charge is 0.454 e. The molecule has 3 aliphatic rings. The number of likely N-dealkylation sites (tertiary alicyclic amines) is 1. The molecule has 19 heavy (non-hydrogen) atoms. The van der Waals surface area contributed by atoms with Crippen LogP contribution in [0.3, 0.4) is 0 Å². The first-order chi connectivity index (χ1) is 9.17. The Balaban J connectivity index is 2.06. The average Bonchev–Trinajstić information content (AvgIpc) is 3.07. The number of hydrogen-bond donors (Lipinski definition) is 0. The summed E-state index contributed by atoms with van der Waals surface area (Å²) in [5.74, 6) is 1.06. The molecule has 3 rings (SSSR count). The summed E-state index contributed by atoms with van der Waals surface area (Å²) in [6, 6.07) is -0.886. The lowest BCUT2D eigenvalue weighted by Gasteiger charge is -2.38. The van der Waals surface area contributed by atoms with Crippen LogP contribution >= 0.6 is 0 Å². The molecule has 0 radical (unpaired) electrons. The minimum atomic E-state index is -0.886. The molecule has 0 bridgehead atoms. The van der Waals surface area contributed by atoms with Gasteiger partial charge in [-0.2, -0.15) is 0 Å². The first-order valence-electron chi connectivity index (χ1n) is 6.40. The standard InChI is InChI=1S/C13H16N2O4/c1-2-13(14-5-3-4-6-14)8-11-10(18-9-19-11)7-12(13)15(16)17/h2,7-8,12H,1,3-6,9H2. The predicted octanol–water partition coefficient (Wildman–Crippen LogP) is 1.44. The zero-order valence-corrected chi connectivity index (χ0v) is 10.6. The molecular weight excluding hydrogens is 248 g/mol. The van der Waals surface area contributed by atoms with E-state index in [1.807, 2.05) is 0 Å². The Kier molecular flexibility index (Phi) is 2.82. The molecule has 2 saturated heterocycles. The molecule has 0 N–H and O–H groups in total. The van der Waals surface area contributed by atoms with Gasteiger partial charge in [-0.3, -0.25) is 15.0 Å². The van der Waals surface area contributed by atoms with Crippen molar-refractivity contribution >= 4 is 0 Å². The third-order valence-corrected chi connectivity index (χ3v) is 4.02. The summed E-state index contributed by atoms with van der Waals surface area (Å²) in [6.45, 7) is 5.63. The highest BCUT2D eigenvalue weighted by Gasteiger charge is 2.51. The summed E-state index contributed by atoms with van der Waals surface area (Å²) < 4.78 is 10.6. The Morgan fingerprint density at radius 3 is 2.74 bits per heavy atom. The van der Waals surface area contributed by atoms with Gasteiger partial charge in [-0.05, 0) is 32.0 Å². The Morgan fingerprint density at radius 2 is 2.11 bits per heavy atom. The lowest BCUT2D eigenvalue weighted by molar-refractivity contribution is -0.521. The van der Waals surface area contributed by atoms with E-state index in [2.05, 4.69) is 11.5 Å². The molecule has 0 aromatic heterocycles. The Bertz CT molecular complexity index is 479. The number of rotatable bonds is 3. The van der Waals surface area contributed by atoms with E-state index in [0.717, 1.165) is 25.9 Å². The SMILES string of the molecule is C=CC1(N2CCCC2)C=C2OCOC2=CC1[N+](=O)[O-]. The van der Waals surface area contributed by atoms with E-state index in [1.165, 1.54) is 0 Å². The molecule has 2 atom stereocenters. The van der Waals surface area contributed by atoms with Gasteiger partial charge in [0.1, 0.15) is 5.54 Å². The fourth-order valence-electron chi connectivity index (χ4n) is 3.04. The molecular formula is C13H16N2O4. The maximum absolute atomic E-state index is 11.4. The molecule has 6 heteroatoms. The molecule has 0 amide bonds. The summed E-state index contributed by atoms with van der Waals surface area (Å²) in [5.41, 5.74) is -0.813. The number of hydrogen-bond acceptors (Lipinski definition) is 5. The average molecular weight is 264 g/mol. The normalized spacial score (nSPS) is 33.8. The molecule has 0 aromatic rings. The molecule has 2 fully saturated rings. The Hall–Kier alpha value is -1.82. The van der Waals surface area contributed by atoms with Crippen LogP contribution in [0.5, 0.6) is 0 Å². The third kappa shape index (κ3) is 1.74. The summed E-state index contributed by atoms with van der Waals surface area (Å²) in [6.07, 6.45) is 7.10. The van der Waals surface area contributed by atoms with Crippen LogP contribution in [0.25, 0.3) is 0 Å². The first kappa shape index (κ1) is 12.2. The van der Waals surface area contributed by atoms with E-state index in [0.29, 0.717) is 11.5 Å². The van der Waals surface area contributed by atoms with Crippen molar-refractivity contribution in [2.45, 2.75) is 24.4 Å². The summed E-state index contributed by atoms with van der Waals surface area (Å²) in [7, 11) is 0. The van der Waals surface area contributed by atoms with Crippen molar-refractivity contribution in [3.63, 3.8) is 0 Å². The Labute approximate surface area is 111 Å². The van der Waals surface area contributed by atoms with Crippen LogP contribution in [0.2, 0.25) is 0 Å². The third-order valence-electron chi connectivity index (χ3n) is 4.02. The van der Waals surface area contributed by atoms with Gasteiger partial charge in [-0.15, -0.1) is 6.58 Å². The van der Waals surface area contributed by atoms with Crippen molar-refractivity contribution in [3.8, 4) is 0 Å². The zero-order valence-electron chi connectivity index (χ0n) is 10.6. The highest BCUT2D eigenvalue weighted by Crippen LogP contribution is 2.38. The number of ether oxygens (including phenoxy) is 2. The van der Waals surface area contributed by atoms with Gasteiger partial charge in [0.2, 0.25) is 6.79 Å². The first-order valence-corrected chi connectivity index (χ1v) is 6.40. The number of fused-ring (bicyclic) bond motifs is 1. The van der Waals surface area contributed by atoms with Gasteiger partial charge in [0.15, 0.2) is 11.5 Å². The monoisotopic (exact) mass is 264 g/mol. The van der Waals surface area contributed by atoms with Crippen LogP contribution in [0.15, 0.2) is 36.3 Å². The van der Waals surface area contributed by atoms with E-state index in [1.54, 1.807) is 18.2 Å². The molecule has 6 nitrogen and oxygen atoms in total. The second-order valence-corrected chi connectivity index (χ2v) is 4.96. The van der Waals surface area contributed by atoms with Crippen molar-refractivity contribution < 1.29 is 14.4 Å². The molecule has 102 valence electrons. The van der Waals surface area contributed by atoms with Crippen LogP contribution in [0.4, 0.5) is 0 Å². The zero-order chi connectivity index (χ0) is 13.5. The van der Waals surface area contributed by atoms with Gasteiger partial charge in [0, 0.05) is 11.0 Å². The van der Waals surface area contributed by atoms with E-state index < -0.39 is 11.6 Å². The number of nitro groups is 1. The Morgan fingerprint density at radius 1 is 1.42 bits per heavy atom. The molecule has 2 heterocycles. The molecule has 0 aromatic carbocycles. The fraction of sp³-hybridized carbons (Fsp3) is 0.538. The van der Waals surface area contributed by atoms with Crippen molar-refractivity contribution in [1.29, 1.82) is 0 Å². The highest BCUT2D eigenvalue weighted by atomic mass is 16.7. The van der Waals surface area contributed by atoms with E-state index in [9.17, 15) is 10.1 Å². The van der Waals surface area contributed by atoms with Crippen LogP contribution in [0.1, 0.15) is 12.8 Å². The summed E-state index contributed by atoms with van der Waals surface area (Å²) in [4.78, 5) is 13.3. The van der Waals surface area contributed by atoms with Gasteiger partial charge in [0.25, 0.3) is 6.04 Å². The molecule has 1 aliphatic carbocycles. The quantitative estimate of drug-likeness (QED) is 0.438. The number of nitrogens with zero attached hydrogens (tertiary/aromatic N) is 2. The lowest BCUT2D eigenvalue weighted by Crippen LogP contribution is -2.56. The minimum absolute atomic E-state index is 0.120.